The summed E-state index contributed by atoms with van der Waals surface area (Å²) < 4.78 is 42.1. The van der Waals surface area contributed by atoms with Crippen LogP contribution >= 0.6 is 12.2 Å². The Morgan fingerprint density at radius 2 is 1.71 bits per heavy atom. The summed E-state index contributed by atoms with van der Waals surface area (Å²) in [6.07, 6.45) is -0.927. The molecule has 4 aromatic rings. The third-order valence-corrected chi connectivity index (χ3v) is 6.72. The van der Waals surface area contributed by atoms with Crippen LogP contribution in [0.4, 0.5) is 18.9 Å². The van der Waals surface area contributed by atoms with E-state index in [1.807, 2.05) is 61.2 Å². The lowest BCUT2D eigenvalue weighted by Gasteiger charge is -2.29. The van der Waals surface area contributed by atoms with Crippen LogP contribution in [-0.2, 0) is 6.18 Å². The molecular weight excluding hydrogens is 469 g/mol. The largest absolute Gasteiger partial charge is 0.416 e. The van der Waals surface area contributed by atoms with Gasteiger partial charge in [-0.1, -0.05) is 18.2 Å². The summed E-state index contributed by atoms with van der Waals surface area (Å²) in [5.41, 5.74) is 4.52. The molecular formula is C27H23F3N4S. The lowest BCUT2D eigenvalue weighted by atomic mass is 10.00. The van der Waals surface area contributed by atoms with Crippen LogP contribution in [0.15, 0.2) is 85.2 Å². The first kappa shape index (κ1) is 23.1. The van der Waals surface area contributed by atoms with E-state index < -0.39 is 11.7 Å². The third-order valence-electron chi connectivity index (χ3n) is 6.40. The van der Waals surface area contributed by atoms with Gasteiger partial charge >= 0.3 is 6.18 Å². The fourth-order valence-corrected chi connectivity index (χ4v) is 4.86. The SMILES string of the molecule is Cc1ccc(N2C(=S)N[C@H](c3ccccn3)[C@@H]2c2cccn2-c2cccc(C(F)(F)F)c2)cc1C. The van der Waals surface area contributed by atoms with Gasteiger partial charge in [-0.3, -0.25) is 4.98 Å². The first-order chi connectivity index (χ1) is 16.7. The molecule has 0 amide bonds. The summed E-state index contributed by atoms with van der Waals surface area (Å²) in [6, 6.07) is 20.3. The first-order valence-corrected chi connectivity index (χ1v) is 11.6. The molecule has 4 nitrogen and oxygen atoms in total. The number of benzene rings is 2. The minimum atomic E-state index is -4.43. The van der Waals surface area contributed by atoms with Crippen LogP contribution in [0.5, 0.6) is 0 Å². The highest BCUT2D eigenvalue weighted by Gasteiger charge is 2.42. The van der Waals surface area contributed by atoms with Crippen molar-refractivity contribution in [3.63, 3.8) is 0 Å². The number of aromatic nitrogens is 2. The molecule has 0 saturated carbocycles. The van der Waals surface area contributed by atoms with Crippen molar-refractivity contribution in [3.8, 4) is 5.69 Å². The number of aryl methyl sites for hydroxylation is 2. The maximum Gasteiger partial charge on any atom is 0.416 e. The number of pyridine rings is 1. The maximum atomic E-state index is 13.4. The molecule has 2 aromatic heterocycles. The standard InChI is InChI=1S/C27H23F3N4S/c1-17-11-12-21(15-18(17)2)34-25(24(32-26(34)35)22-9-3-4-13-31-22)23-10-6-14-33(23)20-8-5-7-19(16-20)27(28,29)30/h3-16,24-25H,1-2H3,(H,32,35)/t24-,25+/m1/s1. The quantitative estimate of drug-likeness (QED) is 0.322. The predicted molar refractivity (Wildman–Crippen MR) is 135 cm³/mol. The van der Waals surface area contributed by atoms with Gasteiger partial charge < -0.3 is 14.8 Å². The molecule has 2 aromatic carbocycles. The maximum absolute atomic E-state index is 13.4. The Kier molecular flexibility index (Phi) is 5.84. The van der Waals surface area contributed by atoms with E-state index in [0.717, 1.165) is 34.3 Å². The first-order valence-electron chi connectivity index (χ1n) is 11.2. The van der Waals surface area contributed by atoms with Crippen LogP contribution in [0, 0.1) is 13.8 Å². The average Bonchev–Trinajstić information content (AvgIpc) is 3.45. The molecule has 1 aliphatic rings. The predicted octanol–water partition coefficient (Wildman–Crippen LogP) is 6.69. The Hall–Kier alpha value is -3.65. The van der Waals surface area contributed by atoms with Crippen molar-refractivity contribution in [2.24, 2.45) is 0 Å². The number of thiocarbonyl (C=S) groups is 1. The summed E-state index contributed by atoms with van der Waals surface area (Å²) in [7, 11) is 0. The normalized spacial score (nSPS) is 18.1. The van der Waals surface area contributed by atoms with E-state index in [0.29, 0.717) is 10.8 Å². The number of rotatable bonds is 4. The second-order valence-electron chi connectivity index (χ2n) is 8.62. The van der Waals surface area contributed by atoms with Crippen molar-refractivity contribution in [2.75, 3.05) is 4.90 Å². The van der Waals surface area contributed by atoms with Crippen molar-refractivity contribution in [1.82, 2.24) is 14.9 Å². The zero-order chi connectivity index (χ0) is 24.7. The fraction of sp³-hybridized carbons (Fsp3) is 0.185. The molecule has 5 rings (SSSR count). The summed E-state index contributed by atoms with van der Waals surface area (Å²) >= 11 is 5.79. The van der Waals surface area contributed by atoms with Crippen LogP contribution < -0.4 is 10.2 Å². The van der Waals surface area contributed by atoms with Crippen LogP contribution in [0.3, 0.4) is 0 Å². The summed E-state index contributed by atoms with van der Waals surface area (Å²) in [5.74, 6) is 0. The Balaban J connectivity index is 1.67. The smallest absolute Gasteiger partial charge is 0.351 e. The number of nitrogens with zero attached hydrogens (tertiary/aromatic N) is 3. The summed E-state index contributed by atoms with van der Waals surface area (Å²) in [4.78, 5) is 6.59. The van der Waals surface area contributed by atoms with E-state index in [4.69, 9.17) is 12.2 Å². The minimum Gasteiger partial charge on any atom is -0.351 e. The van der Waals surface area contributed by atoms with Crippen molar-refractivity contribution < 1.29 is 13.2 Å². The van der Waals surface area contributed by atoms with Gasteiger partial charge in [0, 0.05) is 29.5 Å². The Bertz CT molecular complexity index is 1380. The second-order valence-corrected chi connectivity index (χ2v) is 9.00. The molecule has 0 spiro atoms. The third kappa shape index (κ3) is 4.30. The topological polar surface area (TPSA) is 33.1 Å². The highest BCUT2D eigenvalue weighted by atomic mass is 32.1. The molecule has 3 heterocycles. The van der Waals surface area contributed by atoms with Gasteiger partial charge in [0.15, 0.2) is 5.11 Å². The second kappa shape index (κ2) is 8.85. The Labute approximate surface area is 207 Å². The van der Waals surface area contributed by atoms with E-state index in [-0.39, 0.29) is 12.1 Å². The number of anilines is 1. The molecule has 8 heteroatoms. The van der Waals surface area contributed by atoms with Crippen LogP contribution in [0.2, 0.25) is 0 Å². The summed E-state index contributed by atoms with van der Waals surface area (Å²) in [6.45, 7) is 4.09. The molecule has 0 radical (unpaired) electrons. The zero-order valence-electron chi connectivity index (χ0n) is 19.1. The Morgan fingerprint density at radius 3 is 2.43 bits per heavy atom. The molecule has 1 aliphatic heterocycles. The number of halogens is 3. The van der Waals surface area contributed by atoms with E-state index in [1.165, 1.54) is 12.1 Å². The number of alkyl halides is 3. The van der Waals surface area contributed by atoms with Gasteiger partial charge in [0.05, 0.1) is 17.3 Å². The Morgan fingerprint density at radius 1 is 0.886 bits per heavy atom. The van der Waals surface area contributed by atoms with Crippen molar-refractivity contribution in [1.29, 1.82) is 0 Å². The zero-order valence-corrected chi connectivity index (χ0v) is 19.9. The van der Waals surface area contributed by atoms with Gasteiger partial charge in [0.2, 0.25) is 0 Å². The molecule has 2 atom stereocenters. The highest BCUT2D eigenvalue weighted by molar-refractivity contribution is 7.80. The van der Waals surface area contributed by atoms with Crippen LogP contribution in [0.1, 0.15) is 40.2 Å². The van der Waals surface area contributed by atoms with Crippen LogP contribution in [-0.4, -0.2) is 14.7 Å². The lowest BCUT2D eigenvalue weighted by molar-refractivity contribution is -0.137. The molecule has 0 bridgehead atoms. The van der Waals surface area contributed by atoms with Gasteiger partial charge in [0.1, 0.15) is 6.04 Å². The number of nitrogens with one attached hydrogen (secondary N) is 1. The van der Waals surface area contributed by atoms with E-state index >= 15 is 0 Å². The minimum absolute atomic E-state index is 0.301. The molecule has 35 heavy (non-hydrogen) atoms. The average molecular weight is 493 g/mol. The van der Waals surface area contributed by atoms with Gasteiger partial charge in [-0.15, -0.1) is 0 Å². The monoisotopic (exact) mass is 492 g/mol. The van der Waals surface area contributed by atoms with Gasteiger partial charge in [0.25, 0.3) is 0 Å². The van der Waals surface area contributed by atoms with Crippen molar-refractivity contribution >= 4 is 23.0 Å². The van der Waals surface area contributed by atoms with Crippen molar-refractivity contribution in [3.05, 3.63) is 113 Å². The summed E-state index contributed by atoms with van der Waals surface area (Å²) in [5, 5.41) is 3.94. The van der Waals surface area contributed by atoms with Gasteiger partial charge in [-0.2, -0.15) is 13.2 Å². The van der Waals surface area contributed by atoms with E-state index in [9.17, 15) is 13.2 Å². The van der Waals surface area contributed by atoms with Gasteiger partial charge in [-0.05, 0) is 91.8 Å². The molecule has 0 aliphatic carbocycles. The van der Waals surface area contributed by atoms with Crippen LogP contribution in [0.25, 0.3) is 5.69 Å². The molecule has 1 saturated heterocycles. The molecule has 1 fully saturated rings. The van der Waals surface area contributed by atoms with E-state index in [1.54, 1.807) is 23.0 Å². The highest BCUT2D eigenvalue weighted by Crippen LogP contribution is 2.43. The number of hydrogen-bond donors (Lipinski definition) is 1. The fourth-order valence-electron chi connectivity index (χ4n) is 4.51. The molecule has 1 N–H and O–H groups in total. The lowest BCUT2D eigenvalue weighted by Crippen LogP contribution is -2.30. The molecule has 0 unspecified atom stereocenters. The van der Waals surface area contributed by atoms with Crippen molar-refractivity contribution in [2.45, 2.75) is 32.1 Å². The number of hydrogen-bond acceptors (Lipinski definition) is 2. The van der Waals surface area contributed by atoms with Gasteiger partial charge in [-0.25, -0.2) is 0 Å². The van der Waals surface area contributed by atoms with E-state index in [2.05, 4.69) is 16.4 Å². The molecule has 178 valence electrons.